The number of nitrogens with zero attached hydrogens (tertiary/aromatic N) is 3. The molecule has 0 saturated carbocycles. The fourth-order valence-corrected chi connectivity index (χ4v) is 3.13. The van der Waals surface area contributed by atoms with Crippen LogP contribution in [-0.4, -0.2) is 33.7 Å². The summed E-state index contributed by atoms with van der Waals surface area (Å²) in [5.74, 6) is 1.37. The van der Waals surface area contributed by atoms with Crippen LogP contribution in [0.15, 0.2) is 6.07 Å². The molecule has 1 amide bonds. The molecule has 1 aromatic rings. The summed E-state index contributed by atoms with van der Waals surface area (Å²) in [5.41, 5.74) is 7.03. The fourth-order valence-electron chi connectivity index (χ4n) is 3.13. The standard InChI is InChI=1S/C16H28N4O/c1-12-10-14(17)20(18-12)11-15(21)19-8-5-6-13(7-9-19)16(2,3)4/h10,13H,5-9,11,17H2,1-4H3. The zero-order valence-corrected chi connectivity index (χ0v) is 13.7. The summed E-state index contributed by atoms with van der Waals surface area (Å²) in [4.78, 5) is 14.4. The number of carbonyl (C=O) groups is 1. The molecule has 1 atom stereocenters. The third-order valence-corrected chi connectivity index (χ3v) is 4.52. The molecular formula is C16H28N4O. The second-order valence-electron chi connectivity index (χ2n) is 7.24. The van der Waals surface area contributed by atoms with Crippen molar-refractivity contribution in [1.29, 1.82) is 0 Å². The number of rotatable bonds is 2. The van der Waals surface area contributed by atoms with Crippen molar-refractivity contribution >= 4 is 11.7 Å². The number of nitrogens with two attached hydrogens (primary N) is 1. The van der Waals surface area contributed by atoms with E-state index in [2.05, 4.69) is 25.9 Å². The molecule has 118 valence electrons. The van der Waals surface area contributed by atoms with E-state index in [-0.39, 0.29) is 12.5 Å². The van der Waals surface area contributed by atoms with Gasteiger partial charge in [-0.3, -0.25) is 4.79 Å². The van der Waals surface area contributed by atoms with Crippen molar-refractivity contribution in [2.45, 2.75) is 53.5 Å². The number of hydrogen-bond donors (Lipinski definition) is 1. The normalized spacial score (nSPS) is 20.4. The Morgan fingerprint density at radius 1 is 1.38 bits per heavy atom. The second kappa shape index (κ2) is 6.08. The molecule has 1 saturated heterocycles. The van der Waals surface area contributed by atoms with Crippen molar-refractivity contribution in [2.75, 3.05) is 18.8 Å². The van der Waals surface area contributed by atoms with E-state index in [4.69, 9.17) is 5.73 Å². The van der Waals surface area contributed by atoms with Crippen LogP contribution in [0.4, 0.5) is 5.82 Å². The summed E-state index contributed by atoms with van der Waals surface area (Å²) in [6.45, 7) is 10.7. The zero-order chi connectivity index (χ0) is 15.6. The minimum atomic E-state index is 0.124. The third kappa shape index (κ3) is 3.99. The van der Waals surface area contributed by atoms with E-state index in [0.29, 0.717) is 17.2 Å². The maximum atomic E-state index is 12.4. The number of amides is 1. The maximum Gasteiger partial charge on any atom is 0.244 e. The Morgan fingerprint density at radius 2 is 2.10 bits per heavy atom. The van der Waals surface area contributed by atoms with Crippen molar-refractivity contribution in [3.63, 3.8) is 0 Å². The predicted molar refractivity (Wildman–Crippen MR) is 84.8 cm³/mol. The van der Waals surface area contributed by atoms with Gasteiger partial charge >= 0.3 is 0 Å². The van der Waals surface area contributed by atoms with Gasteiger partial charge in [0, 0.05) is 19.2 Å². The highest BCUT2D eigenvalue weighted by molar-refractivity contribution is 5.76. The molecule has 2 heterocycles. The van der Waals surface area contributed by atoms with Crippen molar-refractivity contribution in [3.8, 4) is 0 Å². The van der Waals surface area contributed by atoms with Gasteiger partial charge in [0.05, 0.1) is 5.69 Å². The van der Waals surface area contributed by atoms with Gasteiger partial charge in [-0.1, -0.05) is 20.8 Å². The maximum absolute atomic E-state index is 12.4. The summed E-state index contributed by atoms with van der Waals surface area (Å²) < 4.78 is 1.60. The molecule has 0 bridgehead atoms. The van der Waals surface area contributed by atoms with Gasteiger partial charge < -0.3 is 10.6 Å². The fraction of sp³-hybridized carbons (Fsp3) is 0.750. The Balaban J connectivity index is 1.96. The van der Waals surface area contributed by atoms with Gasteiger partial charge in [-0.15, -0.1) is 0 Å². The van der Waals surface area contributed by atoms with Gasteiger partial charge in [0.25, 0.3) is 0 Å². The Hall–Kier alpha value is -1.52. The van der Waals surface area contributed by atoms with Gasteiger partial charge in [-0.25, -0.2) is 4.68 Å². The van der Waals surface area contributed by atoms with Crippen LogP contribution in [0.25, 0.3) is 0 Å². The average molecular weight is 292 g/mol. The lowest BCUT2D eigenvalue weighted by Gasteiger charge is -2.29. The first-order valence-corrected chi connectivity index (χ1v) is 7.85. The Morgan fingerprint density at radius 3 is 2.67 bits per heavy atom. The van der Waals surface area contributed by atoms with Gasteiger partial charge in [0.15, 0.2) is 0 Å². The lowest BCUT2D eigenvalue weighted by Crippen LogP contribution is -2.35. The highest BCUT2D eigenvalue weighted by Crippen LogP contribution is 2.34. The van der Waals surface area contributed by atoms with Crippen molar-refractivity contribution in [3.05, 3.63) is 11.8 Å². The van der Waals surface area contributed by atoms with Crippen LogP contribution in [-0.2, 0) is 11.3 Å². The SMILES string of the molecule is Cc1cc(N)n(CC(=O)N2CCCC(C(C)(C)C)CC2)n1. The largest absolute Gasteiger partial charge is 0.384 e. The van der Waals surface area contributed by atoms with E-state index >= 15 is 0 Å². The summed E-state index contributed by atoms with van der Waals surface area (Å²) >= 11 is 0. The van der Waals surface area contributed by atoms with E-state index in [1.807, 2.05) is 11.8 Å². The molecule has 0 radical (unpaired) electrons. The van der Waals surface area contributed by atoms with Crippen LogP contribution in [0.2, 0.25) is 0 Å². The number of carbonyl (C=O) groups excluding carboxylic acids is 1. The van der Waals surface area contributed by atoms with E-state index < -0.39 is 0 Å². The molecule has 1 aliphatic heterocycles. The van der Waals surface area contributed by atoms with Crippen LogP contribution in [0.3, 0.4) is 0 Å². The second-order valence-corrected chi connectivity index (χ2v) is 7.24. The Kier molecular flexibility index (Phi) is 4.59. The quantitative estimate of drug-likeness (QED) is 0.910. The number of aromatic nitrogens is 2. The molecule has 5 heteroatoms. The van der Waals surface area contributed by atoms with Crippen LogP contribution >= 0.6 is 0 Å². The number of nitrogen functional groups attached to an aromatic ring is 1. The minimum Gasteiger partial charge on any atom is -0.384 e. The lowest BCUT2D eigenvalue weighted by molar-refractivity contribution is -0.132. The first-order chi connectivity index (χ1) is 9.77. The number of hydrogen-bond acceptors (Lipinski definition) is 3. The van der Waals surface area contributed by atoms with Crippen molar-refractivity contribution in [2.24, 2.45) is 11.3 Å². The molecule has 1 aliphatic rings. The average Bonchev–Trinajstić information content (AvgIpc) is 2.60. The molecule has 0 aliphatic carbocycles. The first-order valence-electron chi connectivity index (χ1n) is 7.85. The summed E-state index contributed by atoms with van der Waals surface area (Å²) in [5, 5.41) is 4.27. The highest BCUT2D eigenvalue weighted by atomic mass is 16.2. The molecule has 0 spiro atoms. The van der Waals surface area contributed by atoms with Crippen LogP contribution in [0.1, 0.15) is 45.7 Å². The molecule has 5 nitrogen and oxygen atoms in total. The van der Waals surface area contributed by atoms with E-state index in [9.17, 15) is 4.79 Å². The molecule has 21 heavy (non-hydrogen) atoms. The first kappa shape index (κ1) is 15.9. The van der Waals surface area contributed by atoms with Gasteiger partial charge in [-0.2, -0.15) is 5.10 Å². The van der Waals surface area contributed by atoms with E-state index in [1.54, 1.807) is 10.7 Å². The van der Waals surface area contributed by atoms with Gasteiger partial charge in [0.1, 0.15) is 12.4 Å². The minimum absolute atomic E-state index is 0.124. The number of aryl methyl sites for hydroxylation is 1. The van der Waals surface area contributed by atoms with E-state index in [0.717, 1.165) is 31.6 Å². The topological polar surface area (TPSA) is 64.2 Å². The Bertz CT molecular complexity index is 501. The van der Waals surface area contributed by atoms with Crippen molar-refractivity contribution in [1.82, 2.24) is 14.7 Å². The molecule has 2 N–H and O–H groups in total. The monoisotopic (exact) mass is 292 g/mol. The van der Waals surface area contributed by atoms with Gasteiger partial charge in [-0.05, 0) is 37.5 Å². The van der Waals surface area contributed by atoms with E-state index in [1.165, 1.54) is 6.42 Å². The molecule has 1 unspecified atom stereocenters. The predicted octanol–water partition coefficient (Wildman–Crippen LogP) is 2.45. The zero-order valence-electron chi connectivity index (χ0n) is 13.7. The molecule has 1 fully saturated rings. The van der Waals surface area contributed by atoms with Gasteiger partial charge in [0.2, 0.25) is 5.91 Å². The highest BCUT2D eigenvalue weighted by Gasteiger charge is 2.28. The summed E-state index contributed by atoms with van der Waals surface area (Å²) in [7, 11) is 0. The smallest absolute Gasteiger partial charge is 0.244 e. The Labute approximate surface area is 127 Å². The van der Waals surface area contributed by atoms with Crippen LogP contribution in [0.5, 0.6) is 0 Å². The molecular weight excluding hydrogens is 264 g/mol. The third-order valence-electron chi connectivity index (χ3n) is 4.52. The summed E-state index contributed by atoms with van der Waals surface area (Å²) in [6, 6.07) is 1.80. The molecule has 0 aromatic carbocycles. The number of anilines is 1. The molecule has 1 aromatic heterocycles. The summed E-state index contributed by atoms with van der Waals surface area (Å²) in [6.07, 6.45) is 3.38. The van der Waals surface area contributed by atoms with Crippen molar-refractivity contribution < 1.29 is 4.79 Å². The van der Waals surface area contributed by atoms with Crippen LogP contribution in [0, 0.1) is 18.3 Å². The molecule has 2 rings (SSSR count). The lowest BCUT2D eigenvalue weighted by atomic mass is 9.77. The van der Waals surface area contributed by atoms with Crippen LogP contribution < -0.4 is 5.73 Å². The number of likely N-dealkylation sites (tertiary alicyclic amines) is 1.